The number of carbonyl (C=O) groups excluding carboxylic acids is 1. The zero-order chi connectivity index (χ0) is 12.8. The second-order valence-corrected chi connectivity index (χ2v) is 3.51. The molecule has 1 unspecified atom stereocenters. The fourth-order valence-electron chi connectivity index (χ4n) is 1.31. The van der Waals surface area contributed by atoms with Gasteiger partial charge in [-0.2, -0.15) is 0 Å². The van der Waals surface area contributed by atoms with Gasteiger partial charge in [0.1, 0.15) is 5.75 Å². The van der Waals surface area contributed by atoms with Crippen LogP contribution in [0.25, 0.3) is 0 Å². The molecule has 0 spiro atoms. The number of aromatic hydroxyl groups is 1. The molecule has 0 aromatic heterocycles. The van der Waals surface area contributed by atoms with E-state index >= 15 is 0 Å². The number of nitrogens with two attached hydrogens (primary N) is 1. The van der Waals surface area contributed by atoms with Gasteiger partial charge in [0, 0.05) is 5.56 Å². The minimum atomic E-state index is -0.513. The Labute approximate surface area is 98.7 Å². The molecule has 0 heterocycles. The van der Waals surface area contributed by atoms with Gasteiger partial charge in [0.15, 0.2) is 5.84 Å². The summed E-state index contributed by atoms with van der Waals surface area (Å²) >= 11 is 0. The number of oxime groups is 1. The molecule has 1 aromatic rings. The molecular weight excluding hydrogens is 222 g/mol. The number of rotatable bonds is 4. The monoisotopic (exact) mass is 237 g/mol. The van der Waals surface area contributed by atoms with E-state index in [0.29, 0.717) is 12.0 Å². The summed E-state index contributed by atoms with van der Waals surface area (Å²) in [5.41, 5.74) is 5.82. The van der Waals surface area contributed by atoms with Crippen LogP contribution in [0.5, 0.6) is 5.75 Å². The zero-order valence-corrected chi connectivity index (χ0v) is 9.42. The maximum Gasteiger partial charge on any atom is 0.251 e. The number of carbonyl (C=O) groups is 1. The Hall–Kier alpha value is -2.24. The molecule has 0 saturated heterocycles. The summed E-state index contributed by atoms with van der Waals surface area (Å²) in [5.74, 6) is -0.298. The number of hydrogen-bond donors (Lipinski definition) is 4. The van der Waals surface area contributed by atoms with Crippen molar-refractivity contribution >= 4 is 11.7 Å². The second kappa shape index (κ2) is 5.74. The van der Waals surface area contributed by atoms with Crippen LogP contribution < -0.4 is 11.1 Å². The van der Waals surface area contributed by atoms with Gasteiger partial charge in [-0.15, -0.1) is 0 Å². The first-order valence-corrected chi connectivity index (χ1v) is 5.15. The van der Waals surface area contributed by atoms with Crippen LogP contribution in [-0.4, -0.2) is 28.1 Å². The first kappa shape index (κ1) is 12.8. The van der Waals surface area contributed by atoms with Crippen LogP contribution in [0.15, 0.2) is 29.4 Å². The van der Waals surface area contributed by atoms with Crippen LogP contribution in [0.1, 0.15) is 23.7 Å². The Morgan fingerprint density at radius 3 is 2.53 bits per heavy atom. The highest BCUT2D eigenvalue weighted by atomic mass is 16.4. The predicted molar refractivity (Wildman–Crippen MR) is 63.1 cm³/mol. The van der Waals surface area contributed by atoms with Crippen LogP contribution in [0, 0.1) is 0 Å². The lowest BCUT2D eigenvalue weighted by atomic mass is 10.1. The van der Waals surface area contributed by atoms with Crippen LogP contribution in [0.2, 0.25) is 0 Å². The summed E-state index contributed by atoms with van der Waals surface area (Å²) < 4.78 is 0. The van der Waals surface area contributed by atoms with Gasteiger partial charge in [-0.05, 0) is 30.7 Å². The summed E-state index contributed by atoms with van der Waals surface area (Å²) in [6.07, 6.45) is 0.514. The minimum absolute atomic E-state index is 0.0420. The van der Waals surface area contributed by atoms with Crippen molar-refractivity contribution in [3.63, 3.8) is 0 Å². The van der Waals surface area contributed by atoms with E-state index in [1.165, 1.54) is 24.3 Å². The van der Waals surface area contributed by atoms with Crippen molar-refractivity contribution < 1.29 is 15.1 Å². The van der Waals surface area contributed by atoms with E-state index in [9.17, 15) is 4.79 Å². The van der Waals surface area contributed by atoms with E-state index in [1.54, 1.807) is 6.92 Å². The highest BCUT2D eigenvalue weighted by molar-refractivity contribution is 5.98. The molecule has 6 nitrogen and oxygen atoms in total. The number of nitrogens with zero attached hydrogens (tertiary/aromatic N) is 1. The van der Waals surface area contributed by atoms with Crippen molar-refractivity contribution in [2.24, 2.45) is 10.9 Å². The Balaban J connectivity index is 2.74. The smallest absolute Gasteiger partial charge is 0.251 e. The lowest BCUT2D eigenvalue weighted by molar-refractivity contribution is 0.0945. The normalized spacial score (nSPS) is 13.1. The molecule has 0 fully saturated rings. The summed E-state index contributed by atoms with van der Waals surface area (Å²) in [7, 11) is 0. The van der Waals surface area contributed by atoms with Crippen LogP contribution in [0.3, 0.4) is 0 Å². The topological polar surface area (TPSA) is 108 Å². The van der Waals surface area contributed by atoms with Gasteiger partial charge < -0.3 is 21.4 Å². The third-order valence-corrected chi connectivity index (χ3v) is 2.32. The first-order valence-electron chi connectivity index (χ1n) is 5.15. The third-order valence-electron chi connectivity index (χ3n) is 2.32. The lowest BCUT2D eigenvalue weighted by Gasteiger charge is -2.15. The van der Waals surface area contributed by atoms with Gasteiger partial charge in [-0.1, -0.05) is 12.1 Å². The number of amides is 1. The Morgan fingerprint density at radius 2 is 2.06 bits per heavy atom. The van der Waals surface area contributed by atoms with E-state index in [2.05, 4.69) is 10.5 Å². The first-order chi connectivity index (χ1) is 8.08. The Bertz CT molecular complexity index is 414. The summed E-state index contributed by atoms with van der Waals surface area (Å²) in [6, 6.07) is 5.30. The molecule has 0 bridgehead atoms. The van der Waals surface area contributed by atoms with Crippen molar-refractivity contribution in [3.05, 3.63) is 29.8 Å². The van der Waals surface area contributed by atoms with Gasteiger partial charge in [0.25, 0.3) is 5.91 Å². The zero-order valence-electron chi connectivity index (χ0n) is 9.42. The average Bonchev–Trinajstić information content (AvgIpc) is 2.35. The van der Waals surface area contributed by atoms with Crippen molar-refractivity contribution in [1.29, 1.82) is 0 Å². The fourth-order valence-corrected chi connectivity index (χ4v) is 1.31. The Morgan fingerprint density at radius 1 is 1.47 bits per heavy atom. The molecular formula is C11H15N3O3. The SMILES string of the molecule is CCC(NC(=O)c1ccc(O)cc1)/C(N)=N/O. The molecule has 1 amide bonds. The van der Waals surface area contributed by atoms with E-state index in [4.69, 9.17) is 16.0 Å². The number of benzene rings is 1. The summed E-state index contributed by atoms with van der Waals surface area (Å²) in [4.78, 5) is 11.8. The molecule has 1 aromatic carbocycles. The van der Waals surface area contributed by atoms with Crippen molar-refractivity contribution in [1.82, 2.24) is 5.32 Å². The standard InChI is InChI=1S/C11H15N3O3/c1-2-9(10(12)14-17)13-11(16)7-3-5-8(15)6-4-7/h3-6,9,15,17H,2H2,1H3,(H2,12,14)(H,13,16). The molecule has 1 atom stereocenters. The van der Waals surface area contributed by atoms with Gasteiger partial charge in [-0.3, -0.25) is 4.79 Å². The lowest BCUT2D eigenvalue weighted by Crippen LogP contribution is -2.44. The van der Waals surface area contributed by atoms with Crippen molar-refractivity contribution in [3.8, 4) is 5.75 Å². The average molecular weight is 237 g/mol. The van der Waals surface area contributed by atoms with Gasteiger partial charge >= 0.3 is 0 Å². The van der Waals surface area contributed by atoms with Crippen LogP contribution in [-0.2, 0) is 0 Å². The maximum atomic E-state index is 11.8. The quantitative estimate of drug-likeness (QED) is 0.267. The predicted octanol–water partition coefficient (Wildman–Crippen LogP) is 0.647. The summed E-state index contributed by atoms with van der Waals surface area (Å²) in [5, 5.41) is 23.1. The third kappa shape index (κ3) is 3.37. The highest BCUT2D eigenvalue weighted by Gasteiger charge is 2.15. The van der Waals surface area contributed by atoms with Crippen molar-refractivity contribution in [2.45, 2.75) is 19.4 Å². The molecule has 0 radical (unpaired) electrons. The molecule has 17 heavy (non-hydrogen) atoms. The largest absolute Gasteiger partial charge is 0.508 e. The molecule has 5 N–H and O–H groups in total. The molecule has 0 aliphatic carbocycles. The van der Waals surface area contributed by atoms with Gasteiger partial charge in [-0.25, -0.2) is 0 Å². The minimum Gasteiger partial charge on any atom is -0.508 e. The molecule has 0 aliphatic rings. The van der Waals surface area contributed by atoms with E-state index in [1.807, 2.05) is 0 Å². The van der Waals surface area contributed by atoms with Gasteiger partial charge in [0.2, 0.25) is 0 Å². The number of phenols is 1. The van der Waals surface area contributed by atoms with Crippen molar-refractivity contribution in [2.75, 3.05) is 0 Å². The van der Waals surface area contributed by atoms with E-state index in [0.717, 1.165) is 0 Å². The summed E-state index contributed by atoms with van der Waals surface area (Å²) in [6.45, 7) is 1.81. The molecule has 6 heteroatoms. The molecule has 1 rings (SSSR count). The number of amidine groups is 1. The van der Waals surface area contributed by atoms with Gasteiger partial charge in [0.05, 0.1) is 6.04 Å². The van der Waals surface area contributed by atoms with Crippen LogP contribution in [0.4, 0.5) is 0 Å². The van der Waals surface area contributed by atoms with E-state index in [-0.39, 0.29) is 17.5 Å². The molecule has 0 saturated carbocycles. The van der Waals surface area contributed by atoms with Crippen LogP contribution >= 0.6 is 0 Å². The maximum absolute atomic E-state index is 11.8. The highest BCUT2D eigenvalue weighted by Crippen LogP contribution is 2.09. The van der Waals surface area contributed by atoms with E-state index < -0.39 is 6.04 Å². The second-order valence-electron chi connectivity index (χ2n) is 3.51. The molecule has 92 valence electrons. The fraction of sp³-hybridized carbons (Fsp3) is 0.273. The Kier molecular flexibility index (Phi) is 4.33. The number of phenolic OH excluding ortho intramolecular Hbond substituents is 1. The number of hydrogen-bond acceptors (Lipinski definition) is 4. The number of nitrogens with one attached hydrogen (secondary N) is 1. The molecule has 0 aliphatic heterocycles.